The maximum absolute atomic E-state index is 13.8. The van der Waals surface area contributed by atoms with Crippen LogP contribution in [0, 0.1) is 19.7 Å². The second-order valence-corrected chi connectivity index (χ2v) is 7.09. The Balaban J connectivity index is 1.68. The monoisotopic (exact) mass is 390 g/mol. The smallest absolute Gasteiger partial charge is 0.234 e. The molecule has 0 aliphatic rings. The molecule has 0 spiro atoms. The van der Waals surface area contributed by atoms with Crippen LogP contribution in [0.3, 0.4) is 0 Å². The molecule has 0 saturated carbocycles. The van der Waals surface area contributed by atoms with Crippen LogP contribution < -0.4 is 5.32 Å². The summed E-state index contributed by atoms with van der Waals surface area (Å²) in [5, 5.41) is 11.7. The summed E-state index contributed by atoms with van der Waals surface area (Å²) in [4.78, 5) is 12.1. The largest absolute Gasteiger partial charge is 0.323 e. The zero-order valence-electron chi connectivity index (χ0n) is 14.2. The van der Waals surface area contributed by atoms with Gasteiger partial charge in [0, 0.05) is 5.02 Å². The van der Waals surface area contributed by atoms with Crippen LogP contribution in [-0.4, -0.2) is 26.4 Å². The molecule has 0 aliphatic heterocycles. The molecule has 0 atom stereocenters. The predicted octanol–water partition coefficient (Wildman–Crippen LogP) is 4.41. The van der Waals surface area contributed by atoms with E-state index in [4.69, 9.17) is 11.6 Å². The van der Waals surface area contributed by atoms with Gasteiger partial charge in [-0.15, -0.1) is 10.2 Å². The first-order valence-corrected chi connectivity index (χ1v) is 9.16. The van der Waals surface area contributed by atoms with Crippen LogP contribution in [0.15, 0.2) is 47.9 Å². The number of nitrogens with one attached hydrogen (secondary N) is 1. The average Bonchev–Trinajstić information content (AvgIpc) is 3.06. The second-order valence-electron chi connectivity index (χ2n) is 5.74. The van der Waals surface area contributed by atoms with Gasteiger partial charge < -0.3 is 5.32 Å². The zero-order chi connectivity index (χ0) is 18.7. The van der Waals surface area contributed by atoms with E-state index in [1.165, 1.54) is 17.8 Å². The van der Waals surface area contributed by atoms with Gasteiger partial charge in [-0.3, -0.25) is 9.36 Å². The van der Waals surface area contributed by atoms with E-state index in [1.54, 1.807) is 30.0 Å². The van der Waals surface area contributed by atoms with Gasteiger partial charge in [0.25, 0.3) is 0 Å². The molecule has 1 heterocycles. The number of nitrogens with zero attached hydrogens (tertiary/aromatic N) is 3. The summed E-state index contributed by atoms with van der Waals surface area (Å²) >= 11 is 7.37. The first-order valence-electron chi connectivity index (χ1n) is 7.79. The molecule has 8 heteroatoms. The Kier molecular flexibility index (Phi) is 5.58. The summed E-state index contributed by atoms with van der Waals surface area (Å²) < 4.78 is 15.6. The number of benzene rings is 2. The number of carbonyl (C=O) groups is 1. The topological polar surface area (TPSA) is 59.8 Å². The van der Waals surface area contributed by atoms with E-state index in [2.05, 4.69) is 15.5 Å². The van der Waals surface area contributed by atoms with Gasteiger partial charge in [0.15, 0.2) is 5.16 Å². The fourth-order valence-electron chi connectivity index (χ4n) is 2.27. The van der Waals surface area contributed by atoms with E-state index in [-0.39, 0.29) is 17.3 Å². The third-order valence-corrected chi connectivity index (χ3v) is 5.03. The molecular formula is C18H16ClFN4OS. The van der Waals surface area contributed by atoms with Crippen LogP contribution in [0.4, 0.5) is 10.1 Å². The van der Waals surface area contributed by atoms with Gasteiger partial charge >= 0.3 is 0 Å². The molecule has 134 valence electrons. The lowest BCUT2D eigenvalue weighted by Crippen LogP contribution is -2.15. The van der Waals surface area contributed by atoms with Crippen molar-refractivity contribution in [3.63, 3.8) is 0 Å². The summed E-state index contributed by atoms with van der Waals surface area (Å²) in [6.07, 6.45) is 1.56. The van der Waals surface area contributed by atoms with E-state index < -0.39 is 5.82 Å². The standard InChI is InChI=1S/C18H16ClFN4OS/c1-11-3-6-16(15(20)7-11)22-17(25)9-26-18-23-21-10-24(18)13-5-4-12(2)14(19)8-13/h3-8,10H,9H2,1-2H3,(H,22,25). The molecule has 0 aliphatic carbocycles. The minimum atomic E-state index is -0.458. The van der Waals surface area contributed by atoms with Crippen molar-refractivity contribution in [1.82, 2.24) is 14.8 Å². The fourth-order valence-corrected chi connectivity index (χ4v) is 3.17. The van der Waals surface area contributed by atoms with Gasteiger partial charge in [-0.1, -0.05) is 35.5 Å². The summed E-state index contributed by atoms with van der Waals surface area (Å²) in [5.74, 6) is -0.707. The van der Waals surface area contributed by atoms with Crippen molar-refractivity contribution in [2.24, 2.45) is 0 Å². The summed E-state index contributed by atoms with van der Waals surface area (Å²) in [7, 11) is 0. The van der Waals surface area contributed by atoms with Crippen molar-refractivity contribution in [3.8, 4) is 5.69 Å². The van der Waals surface area contributed by atoms with E-state index in [9.17, 15) is 9.18 Å². The maximum Gasteiger partial charge on any atom is 0.234 e. The molecule has 0 unspecified atom stereocenters. The van der Waals surface area contributed by atoms with Crippen molar-refractivity contribution in [3.05, 3.63) is 64.7 Å². The SMILES string of the molecule is Cc1ccc(NC(=O)CSc2nncn2-c2ccc(C)c(Cl)c2)c(F)c1. The zero-order valence-corrected chi connectivity index (χ0v) is 15.7. The van der Waals surface area contributed by atoms with E-state index >= 15 is 0 Å². The fraction of sp³-hybridized carbons (Fsp3) is 0.167. The molecule has 0 radical (unpaired) electrons. The Hall–Kier alpha value is -2.38. The highest BCUT2D eigenvalue weighted by molar-refractivity contribution is 7.99. The lowest BCUT2D eigenvalue weighted by Gasteiger charge is -2.09. The normalized spacial score (nSPS) is 10.8. The Morgan fingerprint density at radius 1 is 1.27 bits per heavy atom. The first-order chi connectivity index (χ1) is 12.4. The van der Waals surface area contributed by atoms with Gasteiger partial charge in [0.05, 0.1) is 17.1 Å². The molecule has 0 bridgehead atoms. The van der Waals surface area contributed by atoms with Crippen LogP contribution in [0.2, 0.25) is 5.02 Å². The van der Waals surface area contributed by atoms with Crippen molar-refractivity contribution in [1.29, 1.82) is 0 Å². The third kappa shape index (κ3) is 4.23. The number of anilines is 1. The van der Waals surface area contributed by atoms with E-state index in [1.807, 2.05) is 25.1 Å². The maximum atomic E-state index is 13.8. The summed E-state index contributed by atoms with van der Waals surface area (Å²) in [5.41, 5.74) is 2.73. The van der Waals surface area contributed by atoms with Gasteiger partial charge in [0.2, 0.25) is 5.91 Å². The van der Waals surface area contributed by atoms with Gasteiger partial charge in [-0.25, -0.2) is 4.39 Å². The molecule has 1 amide bonds. The van der Waals surface area contributed by atoms with Crippen molar-refractivity contribution in [2.75, 3.05) is 11.1 Å². The van der Waals surface area contributed by atoms with E-state index in [0.717, 1.165) is 16.8 Å². The summed E-state index contributed by atoms with van der Waals surface area (Å²) in [6.45, 7) is 3.71. The third-order valence-electron chi connectivity index (χ3n) is 3.68. The molecule has 3 rings (SSSR count). The highest BCUT2D eigenvalue weighted by Gasteiger charge is 2.12. The highest BCUT2D eigenvalue weighted by atomic mass is 35.5. The molecule has 3 aromatic rings. The van der Waals surface area contributed by atoms with E-state index in [0.29, 0.717) is 10.2 Å². The van der Waals surface area contributed by atoms with Crippen LogP contribution in [0.5, 0.6) is 0 Å². The lowest BCUT2D eigenvalue weighted by molar-refractivity contribution is -0.113. The summed E-state index contributed by atoms with van der Waals surface area (Å²) in [6, 6.07) is 10.3. The van der Waals surface area contributed by atoms with Crippen molar-refractivity contribution >= 4 is 35.0 Å². The van der Waals surface area contributed by atoms with Crippen molar-refractivity contribution < 1.29 is 9.18 Å². The number of carbonyl (C=O) groups excluding carboxylic acids is 1. The van der Waals surface area contributed by atoms with Crippen LogP contribution in [0.1, 0.15) is 11.1 Å². The number of hydrogen-bond donors (Lipinski definition) is 1. The van der Waals surface area contributed by atoms with Crippen molar-refractivity contribution in [2.45, 2.75) is 19.0 Å². The first kappa shape index (κ1) is 18.4. The molecule has 5 nitrogen and oxygen atoms in total. The number of hydrogen-bond acceptors (Lipinski definition) is 4. The Morgan fingerprint density at radius 2 is 2.08 bits per heavy atom. The van der Waals surface area contributed by atoms with Crippen LogP contribution >= 0.6 is 23.4 Å². The molecule has 0 saturated heterocycles. The second kappa shape index (κ2) is 7.88. The number of aryl methyl sites for hydroxylation is 2. The quantitative estimate of drug-likeness (QED) is 0.655. The Morgan fingerprint density at radius 3 is 2.81 bits per heavy atom. The molecule has 1 aromatic heterocycles. The number of aromatic nitrogens is 3. The lowest BCUT2D eigenvalue weighted by atomic mass is 10.2. The molecule has 0 fully saturated rings. The van der Waals surface area contributed by atoms with Crippen LogP contribution in [-0.2, 0) is 4.79 Å². The minimum Gasteiger partial charge on any atom is -0.323 e. The van der Waals surface area contributed by atoms with Gasteiger partial charge in [0.1, 0.15) is 12.1 Å². The Bertz CT molecular complexity index is 960. The number of amides is 1. The highest BCUT2D eigenvalue weighted by Crippen LogP contribution is 2.24. The molecular weight excluding hydrogens is 375 g/mol. The number of rotatable bonds is 5. The average molecular weight is 391 g/mol. The molecule has 26 heavy (non-hydrogen) atoms. The van der Waals surface area contributed by atoms with Gasteiger partial charge in [-0.2, -0.15) is 0 Å². The molecule has 2 aromatic carbocycles. The number of halogens is 2. The predicted molar refractivity (Wildman–Crippen MR) is 102 cm³/mol. The number of thioether (sulfide) groups is 1. The van der Waals surface area contributed by atoms with Gasteiger partial charge in [-0.05, 0) is 49.2 Å². The Labute approximate surface area is 159 Å². The minimum absolute atomic E-state index is 0.0750. The van der Waals surface area contributed by atoms with Crippen LogP contribution in [0.25, 0.3) is 5.69 Å². The molecule has 1 N–H and O–H groups in total.